The summed E-state index contributed by atoms with van der Waals surface area (Å²) < 4.78 is 55.0. The van der Waals surface area contributed by atoms with E-state index in [2.05, 4.69) is 15.2 Å². The van der Waals surface area contributed by atoms with Crippen LogP contribution in [0.15, 0.2) is 58.6 Å². The third-order valence-corrected chi connectivity index (χ3v) is 8.08. The van der Waals surface area contributed by atoms with E-state index in [1.54, 1.807) is 18.3 Å². The molecule has 34 heavy (non-hydrogen) atoms. The maximum Gasteiger partial charge on any atom is 0.276 e. The molecule has 0 unspecified atom stereocenters. The van der Waals surface area contributed by atoms with Gasteiger partial charge in [0.15, 0.2) is 21.5 Å². The Kier molecular flexibility index (Phi) is 5.27. The molecule has 1 aliphatic heterocycles. The molecule has 0 saturated carbocycles. The largest absolute Gasteiger partial charge is 0.338 e. The molecule has 0 atom stereocenters. The van der Waals surface area contributed by atoms with Crippen LogP contribution in [0.4, 0.5) is 8.78 Å². The van der Waals surface area contributed by atoms with E-state index in [1.165, 1.54) is 26.5 Å². The van der Waals surface area contributed by atoms with Gasteiger partial charge in [0.2, 0.25) is 5.95 Å². The number of hydrogen-bond donors (Lipinski definition) is 1. The van der Waals surface area contributed by atoms with E-state index in [-0.39, 0.29) is 53.8 Å². The molecule has 0 bridgehead atoms. The van der Waals surface area contributed by atoms with Crippen LogP contribution in [0.1, 0.15) is 23.2 Å². The van der Waals surface area contributed by atoms with Crippen molar-refractivity contribution in [3.05, 3.63) is 76.5 Å². The summed E-state index contributed by atoms with van der Waals surface area (Å²) in [6.45, 7) is 0.337. The number of halogens is 2. The number of aromatic amines is 1. The Bertz CT molecular complexity index is 1570. The topological polar surface area (TPSA) is 122 Å². The maximum atomic E-state index is 13.5. The number of amides is 1. The Balaban J connectivity index is 1.29. The highest BCUT2D eigenvalue weighted by molar-refractivity contribution is 7.92. The van der Waals surface area contributed by atoms with Crippen LogP contribution in [0, 0.1) is 11.6 Å². The van der Waals surface area contributed by atoms with Gasteiger partial charge in [0, 0.05) is 25.5 Å². The van der Waals surface area contributed by atoms with Gasteiger partial charge >= 0.3 is 0 Å². The number of nitrogens with zero attached hydrogens (tertiary/aromatic N) is 5. The van der Waals surface area contributed by atoms with Crippen LogP contribution >= 0.6 is 0 Å². The van der Waals surface area contributed by atoms with Crippen LogP contribution in [0.2, 0.25) is 0 Å². The predicted molar refractivity (Wildman–Crippen MR) is 115 cm³/mol. The number of rotatable bonds is 4. The molecule has 4 aromatic rings. The van der Waals surface area contributed by atoms with Crippen LogP contribution in [-0.4, -0.2) is 61.9 Å². The summed E-state index contributed by atoms with van der Waals surface area (Å²) in [6.07, 6.45) is 4.69. The van der Waals surface area contributed by atoms with Crippen molar-refractivity contribution in [3.8, 4) is 5.95 Å². The number of sulfone groups is 1. The van der Waals surface area contributed by atoms with Crippen molar-refractivity contribution in [1.82, 2.24) is 29.3 Å². The van der Waals surface area contributed by atoms with Gasteiger partial charge in [-0.3, -0.25) is 14.6 Å². The lowest BCUT2D eigenvalue weighted by Gasteiger charge is -2.31. The fraction of sp³-hybridized carbons (Fsp3) is 0.238. The van der Waals surface area contributed by atoms with Crippen molar-refractivity contribution in [2.75, 3.05) is 13.1 Å². The summed E-state index contributed by atoms with van der Waals surface area (Å²) in [5, 5.41) is 7.54. The van der Waals surface area contributed by atoms with Crippen LogP contribution < -0.4 is 5.56 Å². The molecule has 0 aliphatic carbocycles. The van der Waals surface area contributed by atoms with E-state index in [0.29, 0.717) is 11.6 Å². The average molecular weight is 488 g/mol. The molecule has 1 fully saturated rings. The third-order valence-electron chi connectivity index (χ3n) is 5.82. The van der Waals surface area contributed by atoms with Crippen molar-refractivity contribution in [1.29, 1.82) is 0 Å². The van der Waals surface area contributed by atoms with Crippen LogP contribution in [-0.2, 0) is 9.84 Å². The SMILES string of the molecule is O=C(c1cnn(-c2nn3cccc3c(=O)[nH]2)c1)N1CCC(S(=O)(=O)c2ccc(F)c(F)c2)CC1. The fourth-order valence-electron chi connectivity index (χ4n) is 3.98. The number of fused-ring (bicyclic) bond motifs is 1. The van der Waals surface area contributed by atoms with Crippen LogP contribution in [0.5, 0.6) is 0 Å². The maximum absolute atomic E-state index is 13.5. The molecule has 13 heteroatoms. The summed E-state index contributed by atoms with van der Waals surface area (Å²) in [5.41, 5.74) is 0.258. The lowest BCUT2D eigenvalue weighted by molar-refractivity contribution is 0.0725. The summed E-state index contributed by atoms with van der Waals surface area (Å²) in [6, 6.07) is 5.80. The zero-order valence-electron chi connectivity index (χ0n) is 17.6. The second-order valence-corrected chi connectivity index (χ2v) is 10.1. The van der Waals surface area contributed by atoms with E-state index in [0.717, 1.165) is 12.1 Å². The van der Waals surface area contributed by atoms with Crippen molar-refractivity contribution in [2.24, 2.45) is 0 Å². The summed E-state index contributed by atoms with van der Waals surface area (Å²) in [5.74, 6) is -2.56. The second kappa shape index (κ2) is 8.17. The minimum absolute atomic E-state index is 0.129. The lowest BCUT2D eigenvalue weighted by atomic mass is 10.1. The number of hydrogen-bond acceptors (Lipinski definition) is 6. The first-order chi connectivity index (χ1) is 16.2. The smallest absolute Gasteiger partial charge is 0.276 e. The zero-order valence-corrected chi connectivity index (χ0v) is 18.4. The van der Waals surface area contributed by atoms with Gasteiger partial charge < -0.3 is 4.90 Å². The minimum atomic E-state index is -3.87. The first-order valence-electron chi connectivity index (χ1n) is 10.3. The lowest BCUT2D eigenvalue weighted by Crippen LogP contribution is -2.42. The Morgan fingerprint density at radius 2 is 1.88 bits per heavy atom. The van der Waals surface area contributed by atoms with Gasteiger partial charge in [-0.1, -0.05) is 0 Å². The Morgan fingerprint density at radius 3 is 2.62 bits per heavy atom. The quantitative estimate of drug-likeness (QED) is 0.435. The van der Waals surface area contributed by atoms with Crippen molar-refractivity contribution in [3.63, 3.8) is 0 Å². The summed E-state index contributed by atoms with van der Waals surface area (Å²) >= 11 is 0. The molecular formula is C21H18F2N6O4S. The number of likely N-dealkylation sites (tertiary alicyclic amines) is 1. The molecule has 1 amide bonds. The van der Waals surface area contributed by atoms with Crippen molar-refractivity contribution in [2.45, 2.75) is 23.0 Å². The van der Waals surface area contributed by atoms with Gasteiger partial charge in [-0.2, -0.15) is 5.10 Å². The fourth-order valence-corrected chi connectivity index (χ4v) is 5.72. The number of nitrogens with one attached hydrogen (secondary N) is 1. The highest BCUT2D eigenvalue weighted by atomic mass is 32.2. The molecule has 10 nitrogen and oxygen atoms in total. The monoisotopic (exact) mass is 488 g/mol. The molecule has 1 N–H and O–H groups in total. The molecular weight excluding hydrogens is 470 g/mol. The van der Waals surface area contributed by atoms with E-state index >= 15 is 0 Å². The summed E-state index contributed by atoms with van der Waals surface area (Å²) in [7, 11) is -3.87. The third kappa shape index (κ3) is 3.77. The van der Waals surface area contributed by atoms with Gasteiger partial charge in [0.1, 0.15) is 5.52 Å². The molecule has 0 radical (unpaired) electrons. The Hall–Kier alpha value is -3.87. The number of benzene rings is 1. The number of aromatic nitrogens is 5. The predicted octanol–water partition coefficient (Wildman–Crippen LogP) is 1.56. The molecule has 3 aromatic heterocycles. The normalized spacial score (nSPS) is 15.2. The first-order valence-corrected chi connectivity index (χ1v) is 11.9. The van der Waals surface area contributed by atoms with Gasteiger partial charge in [-0.05, 0) is 43.2 Å². The van der Waals surface area contributed by atoms with E-state index < -0.39 is 26.7 Å². The molecule has 5 rings (SSSR count). The molecule has 1 aromatic carbocycles. The standard InChI is InChI=1S/C21H18F2N6O4S/c22-16-4-3-15(10-17(16)23)34(32,33)14-5-8-27(9-6-14)20(31)13-11-24-29(12-13)21-25-19(30)18-2-1-7-28(18)26-21/h1-4,7,10-12,14H,5-6,8-9H2,(H,25,26,30). The molecule has 1 aliphatic rings. The van der Waals surface area contributed by atoms with Crippen molar-refractivity contribution < 1.29 is 22.0 Å². The number of carbonyl (C=O) groups excluding carboxylic acids is 1. The highest BCUT2D eigenvalue weighted by Gasteiger charge is 2.33. The van der Waals surface area contributed by atoms with Gasteiger partial charge in [0.05, 0.1) is 21.9 Å². The molecule has 1 saturated heterocycles. The molecule has 4 heterocycles. The number of piperidine rings is 1. The molecule has 0 spiro atoms. The van der Waals surface area contributed by atoms with E-state index in [1.807, 2.05) is 0 Å². The second-order valence-electron chi connectivity index (χ2n) is 7.90. The van der Waals surface area contributed by atoms with E-state index in [9.17, 15) is 26.8 Å². The number of H-pyrrole nitrogens is 1. The van der Waals surface area contributed by atoms with Gasteiger partial charge in [-0.25, -0.2) is 26.4 Å². The van der Waals surface area contributed by atoms with Gasteiger partial charge in [-0.15, -0.1) is 5.10 Å². The highest BCUT2D eigenvalue weighted by Crippen LogP contribution is 2.26. The van der Waals surface area contributed by atoms with Crippen molar-refractivity contribution >= 4 is 21.3 Å². The first kappa shape index (κ1) is 21.9. The summed E-state index contributed by atoms with van der Waals surface area (Å²) in [4.78, 5) is 28.9. The zero-order chi connectivity index (χ0) is 24.0. The average Bonchev–Trinajstić information content (AvgIpc) is 3.50. The van der Waals surface area contributed by atoms with Crippen LogP contribution in [0.25, 0.3) is 11.5 Å². The molecule has 176 valence electrons. The Labute approximate surface area is 191 Å². The number of carbonyl (C=O) groups is 1. The Morgan fingerprint density at radius 1 is 1.12 bits per heavy atom. The van der Waals surface area contributed by atoms with E-state index in [4.69, 9.17) is 0 Å². The minimum Gasteiger partial charge on any atom is -0.338 e. The van der Waals surface area contributed by atoms with Gasteiger partial charge in [0.25, 0.3) is 11.5 Å². The van der Waals surface area contributed by atoms with Crippen LogP contribution in [0.3, 0.4) is 0 Å².